The number of pyridine rings is 1. The molecule has 3 aromatic rings. The summed E-state index contributed by atoms with van der Waals surface area (Å²) in [4.78, 5) is 11.5. The summed E-state index contributed by atoms with van der Waals surface area (Å²) < 4.78 is 1.23. The van der Waals surface area contributed by atoms with E-state index in [4.69, 9.17) is 0 Å². The van der Waals surface area contributed by atoms with Crippen LogP contribution in [0.15, 0.2) is 42.9 Å². The van der Waals surface area contributed by atoms with Gasteiger partial charge in [-0.2, -0.15) is 0 Å². The van der Waals surface area contributed by atoms with Crippen LogP contribution >= 0.6 is 22.6 Å². The Labute approximate surface area is 106 Å². The van der Waals surface area contributed by atoms with Crippen LogP contribution in [0.2, 0.25) is 0 Å². The number of imidazole rings is 1. The van der Waals surface area contributed by atoms with E-state index in [9.17, 15) is 0 Å². The van der Waals surface area contributed by atoms with Gasteiger partial charge in [-0.3, -0.25) is 0 Å². The number of nitrogens with one attached hydrogen (secondary N) is 1. The zero-order valence-electron chi connectivity index (χ0n) is 8.31. The van der Waals surface area contributed by atoms with Crippen molar-refractivity contribution in [2.24, 2.45) is 0 Å². The number of hydrogen-bond acceptors (Lipinski definition) is 2. The predicted octanol–water partition coefficient (Wildman–Crippen LogP) is 3.23. The van der Waals surface area contributed by atoms with Crippen LogP contribution in [0.25, 0.3) is 22.3 Å². The van der Waals surface area contributed by atoms with Gasteiger partial charge in [0, 0.05) is 15.3 Å². The molecule has 0 atom stereocenters. The third kappa shape index (κ3) is 1.69. The molecule has 0 saturated carbocycles. The van der Waals surface area contributed by atoms with Crippen LogP contribution in [0.3, 0.4) is 0 Å². The summed E-state index contributed by atoms with van der Waals surface area (Å²) in [7, 11) is 0. The molecule has 0 unspecified atom stereocenters. The predicted molar refractivity (Wildman–Crippen MR) is 72.0 cm³/mol. The van der Waals surface area contributed by atoms with Crippen molar-refractivity contribution in [2.45, 2.75) is 0 Å². The van der Waals surface area contributed by atoms with Gasteiger partial charge >= 0.3 is 0 Å². The molecule has 3 rings (SSSR count). The molecule has 1 aromatic carbocycles. The van der Waals surface area contributed by atoms with Crippen molar-refractivity contribution in [1.29, 1.82) is 0 Å². The van der Waals surface area contributed by atoms with Gasteiger partial charge in [0.25, 0.3) is 0 Å². The van der Waals surface area contributed by atoms with E-state index in [-0.39, 0.29) is 0 Å². The Kier molecular flexibility index (Phi) is 2.36. The number of aromatic nitrogens is 3. The van der Waals surface area contributed by atoms with E-state index < -0.39 is 0 Å². The second-order valence-electron chi connectivity index (χ2n) is 3.50. The molecular formula is C12H8IN3. The van der Waals surface area contributed by atoms with E-state index >= 15 is 0 Å². The summed E-state index contributed by atoms with van der Waals surface area (Å²) in [5, 5.41) is 0. The molecule has 0 saturated heterocycles. The number of H-pyrrole nitrogens is 1. The van der Waals surface area contributed by atoms with E-state index in [1.807, 2.05) is 6.20 Å². The largest absolute Gasteiger partial charge is 0.343 e. The van der Waals surface area contributed by atoms with E-state index in [1.165, 1.54) is 9.13 Å². The quantitative estimate of drug-likeness (QED) is 0.699. The first-order valence-corrected chi connectivity index (χ1v) is 5.96. The van der Waals surface area contributed by atoms with Crippen LogP contribution in [0, 0.1) is 3.57 Å². The second kappa shape index (κ2) is 3.86. The van der Waals surface area contributed by atoms with Crippen LogP contribution in [0.1, 0.15) is 0 Å². The van der Waals surface area contributed by atoms with Gasteiger partial charge in [-0.1, -0.05) is 12.1 Å². The molecule has 1 N–H and O–H groups in total. The topological polar surface area (TPSA) is 41.6 Å². The van der Waals surface area contributed by atoms with Crippen molar-refractivity contribution < 1.29 is 0 Å². The summed E-state index contributed by atoms with van der Waals surface area (Å²) >= 11 is 2.30. The minimum Gasteiger partial charge on any atom is -0.343 e. The van der Waals surface area contributed by atoms with Gasteiger partial charge in [-0.25, -0.2) is 9.97 Å². The van der Waals surface area contributed by atoms with Crippen LogP contribution in [0.5, 0.6) is 0 Å². The van der Waals surface area contributed by atoms with Gasteiger partial charge < -0.3 is 4.98 Å². The number of fused-ring (bicyclic) bond motifs is 1. The smallest absolute Gasteiger partial charge is 0.177 e. The first kappa shape index (κ1) is 9.77. The van der Waals surface area contributed by atoms with Crippen molar-refractivity contribution in [3.63, 3.8) is 0 Å². The summed E-state index contributed by atoms with van der Waals surface area (Å²) in [5.41, 5.74) is 4.00. The van der Waals surface area contributed by atoms with E-state index in [2.05, 4.69) is 67.9 Å². The van der Waals surface area contributed by atoms with E-state index in [1.54, 1.807) is 6.33 Å². The first-order valence-electron chi connectivity index (χ1n) is 4.88. The number of benzene rings is 1. The Morgan fingerprint density at radius 1 is 1.00 bits per heavy atom. The molecule has 16 heavy (non-hydrogen) atoms. The lowest BCUT2D eigenvalue weighted by atomic mass is 10.1. The molecule has 0 bridgehead atoms. The normalized spacial score (nSPS) is 10.8. The van der Waals surface area contributed by atoms with Crippen molar-refractivity contribution in [1.82, 2.24) is 15.0 Å². The van der Waals surface area contributed by atoms with Gasteiger partial charge in [-0.15, -0.1) is 0 Å². The lowest BCUT2D eigenvalue weighted by molar-refractivity contribution is 1.30. The molecule has 0 radical (unpaired) electrons. The maximum absolute atomic E-state index is 4.30. The lowest BCUT2D eigenvalue weighted by Crippen LogP contribution is -1.82. The monoisotopic (exact) mass is 321 g/mol. The number of rotatable bonds is 1. The fraction of sp³-hybridized carbons (Fsp3) is 0. The third-order valence-electron chi connectivity index (χ3n) is 2.45. The highest BCUT2D eigenvalue weighted by Gasteiger charge is 2.01. The molecule has 0 aliphatic heterocycles. The van der Waals surface area contributed by atoms with Gasteiger partial charge in [0.05, 0.1) is 11.8 Å². The molecule has 0 amide bonds. The van der Waals surface area contributed by atoms with Crippen molar-refractivity contribution in [3.8, 4) is 11.1 Å². The zero-order chi connectivity index (χ0) is 11.0. The van der Waals surface area contributed by atoms with Crippen LogP contribution < -0.4 is 0 Å². The molecular weight excluding hydrogens is 313 g/mol. The Balaban J connectivity index is 2.14. The molecule has 0 fully saturated rings. The summed E-state index contributed by atoms with van der Waals surface area (Å²) in [6.07, 6.45) is 3.51. The summed E-state index contributed by atoms with van der Waals surface area (Å²) in [6.45, 7) is 0. The van der Waals surface area contributed by atoms with Gasteiger partial charge in [0.2, 0.25) is 0 Å². The number of hydrogen-bond donors (Lipinski definition) is 1. The first-order chi connectivity index (χ1) is 7.83. The average Bonchev–Trinajstić information content (AvgIpc) is 2.77. The Hall–Kier alpha value is -1.43. The molecule has 2 heterocycles. The van der Waals surface area contributed by atoms with Crippen molar-refractivity contribution >= 4 is 33.8 Å². The summed E-state index contributed by atoms with van der Waals surface area (Å²) in [5.74, 6) is 0. The molecule has 0 spiro atoms. The third-order valence-corrected chi connectivity index (χ3v) is 3.17. The van der Waals surface area contributed by atoms with Gasteiger partial charge in [-0.05, 0) is 46.4 Å². The Bertz CT molecular complexity index is 628. The zero-order valence-corrected chi connectivity index (χ0v) is 10.5. The highest BCUT2D eigenvalue weighted by Crippen LogP contribution is 2.21. The summed E-state index contributed by atoms with van der Waals surface area (Å²) in [6, 6.07) is 10.4. The Morgan fingerprint density at radius 3 is 2.62 bits per heavy atom. The SMILES string of the molecule is Ic1ccc(-c2cnc3nc[nH]c3c2)cc1. The van der Waals surface area contributed by atoms with E-state index in [0.29, 0.717) is 0 Å². The second-order valence-corrected chi connectivity index (χ2v) is 4.75. The van der Waals surface area contributed by atoms with Crippen molar-refractivity contribution in [2.75, 3.05) is 0 Å². The lowest BCUT2D eigenvalue weighted by Gasteiger charge is -2.00. The van der Waals surface area contributed by atoms with Gasteiger partial charge in [0.15, 0.2) is 5.65 Å². The van der Waals surface area contributed by atoms with E-state index in [0.717, 1.165) is 16.7 Å². The van der Waals surface area contributed by atoms with Crippen LogP contribution in [-0.4, -0.2) is 15.0 Å². The highest BCUT2D eigenvalue weighted by molar-refractivity contribution is 14.1. The molecule has 0 aliphatic carbocycles. The minimum atomic E-state index is 0.759. The molecule has 3 nitrogen and oxygen atoms in total. The van der Waals surface area contributed by atoms with Crippen LogP contribution in [-0.2, 0) is 0 Å². The number of nitrogens with zero attached hydrogens (tertiary/aromatic N) is 2. The molecule has 4 heteroatoms. The highest BCUT2D eigenvalue weighted by atomic mass is 127. The van der Waals surface area contributed by atoms with Crippen LogP contribution in [0.4, 0.5) is 0 Å². The average molecular weight is 321 g/mol. The number of halogens is 1. The molecule has 0 aliphatic rings. The standard InChI is InChI=1S/C12H8IN3/c13-10-3-1-8(2-4-10)9-5-11-12(14-6-9)16-7-15-11/h1-7H,(H,14,15,16). The van der Waals surface area contributed by atoms with Gasteiger partial charge in [0.1, 0.15) is 0 Å². The molecule has 2 aromatic heterocycles. The minimum absolute atomic E-state index is 0.759. The van der Waals surface area contributed by atoms with Crippen molar-refractivity contribution in [3.05, 3.63) is 46.4 Å². The Morgan fingerprint density at radius 2 is 1.81 bits per heavy atom. The fourth-order valence-electron chi connectivity index (χ4n) is 1.63. The molecule has 78 valence electrons. The fourth-order valence-corrected chi connectivity index (χ4v) is 1.99. The number of aromatic amines is 1. The maximum atomic E-state index is 4.30. The maximum Gasteiger partial charge on any atom is 0.177 e.